The molecule has 19 heavy (non-hydrogen) atoms. The predicted octanol–water partition coefficient (Wildman–Crippen LogP) is 2.44. The van der Waals surface area contributed by atoms with Gasteiger partial charge in [0.05, 0.1) is 0 Å². The molecule has 1 aromatic rings. The second-order valence-corrected chi connectivity index (χ2v) is 4.80. The molecule has 0 fully saturated rings. The van der Waals surface area contributed by atoms with Crippen molar-refractivity contribution in [3.8, 4) is 5.75 Å². The van der Waals surface area contributed by atoms with Gasteiger partial charge >= 0.3 is 0 Å². The third kappa shape index (κ3) is 4.69. The summed E-state index contributed by atoms with van der Waals surface area (Å²) in [5, 5.41) is 3.35. The molecule has 1 aliphatic rings. The van der Waals surface area contributed by atoms with Crippen molar-refractivity contribution < 1.29 is 4.74 Å². The fourth-order valence-electron chi connectivity index (χ4n) is 2.23. The maximum absolute atomic E-state index is 5.93. The third-order valence-corrected chi connectivity index (χ3v) is 3.35. The molecule has 0 bridgehead atoms. The Labute approximate surface area is 116 Å². The van der Waals surface area contributed by atoms with Crippen LogP contribution in [0, 0.1) is 0 Å². The van der Waals surface area contributed by atoms with Crippen LogP contribution in [0.4, 0.5) is 0 Å². The smallest absolute Gasteiger partial charge is 0.123 e. The van der Waals surface area contributed by atoms with Crippen molar-refractivity contribution >= 4 is 0 Å². The molecule has 1 aliphatic heterocycles. The van der Waals surface area contributed by atoms with Gasteiger partial charge in [-0.25, -0.2) is 0 Å². The molecule has 1 heterocycles. The van der Waals surface area contributed by atoms with Gasteiger partial charge in [0.25, 0.3) is 0 Å². The summed E-state index contributed by atoms with van der Waals surface area (Å²) in [4.78, 5) is 2.42. The van der Waals surface area contributed by atoms with Crippen molar-refractivity contribution in [2.45, 2.75) is 19.9 Å². The van der Waals surface area contributed by atoms with Crippen LogP contribution in [-0.2, 0) is 6.54 Å². The van der Waals surface area contributed by atoms with Crippen LogP contribution in [0.5, 0.6) is 5.75 Å². The van der Waals surface area contributed by atoms with Gasteiger partial charge in [-0.1, -0.05) is 37.3 Å². The highest BCUT2D eigenvalue weighted by Gasteiger charge is 2.07. The van der Waals surface area contributed by atoms with Crippen molar-refractivity contribution in [2.24, 2.45) is 0 Å². The molecule has 3 heteroatoms. The van der Waals surface area contributed by atoms with E-state index >= 15 is 0 Å². The first kappa shape index (κ1) is 14.1. The second kappa shape index (κ2) is 7.97. The first-order valence-corrected chi connectivity index (χ1v) is 7.19. The number of nitrogens with zero attached hydrogens (tertiary/aromatic N) is 1. The fraction of sp³-hybridized carbons (Fsp3) is 0.500. The van der Waals surface area contributed by atoms with Gasteiger partial charge in [0.15, 0.2) is 0 Å². The van der Waals surface area contributed by atoms with Crippen molar-refractivity contribution in [1.82, 2.24) is 10.2 Å². The molecule has 3 nitrogen and oxygen atoms in total. The minimum Gasteiger partial charge on any atom is -0.492 e. The van der Waals surface area contributed by atoms with E-state index in [0.717, 1.165) is 51.5 Å². The first-order chi connectivity index (χ1) is 9.40. The van der Waals surface area contributed by atoms with Crippen LogP contribution in [-0.4, -0.2) is 37.7 Å². The van der Waals surface area contributed by atoms with E-state index < -0.39 is 0 Å². The summed E-state index contributed by atoms with van der Waals surface area (Å²) in [6.07, 6.45) is 5.66. The topological polar surface area (TPSA) is 24.5 Å². The summed E-state index contributed by atoms with van der Waals surface area (Å²) in [5.74, 6) is 1.01. The van der Waals surface area contributed by atoms with E-state index in [9.17, 15) is 0 Å². The molecule has 0 atom stereocenters. The lowest BCUT2D eigenvalue weighted by Crippen LogP contribution is -2.31. The van der Waals surface area contributed by atoms with Crippen LogP contribution in [0.1, 0.15) is 18.9 Å². The summed E-state index contributed by atoms with van der Waals surface area (Å²) >= 11 is 0. The highest BCUT2D eigenvalue weighted by atomic mass is 16.5. The Hall–Kier alpha value is -1.32. The van der Waals surface area contributed by atoms with E-state index in [2.05, 4.69) is 47.5 Å². The number of hydrogen-bond acceptors (Lipinski definition) is 3. The van der Waals surface area contributed by atoms with Crippen molar-refractivity contribution in [2.75, 3.05) is 32.8 Å². The molecule has 0 saturated carbocycles. The van der Waals surface area contributed by atoms with Crippen LogP contribution >= 0.6 is 0 Å². The molecule has 0 spiro atoms. The van der Waals surface area contributed by atoms with Crippen molar-refractivity contribution in [3.63, 3.8) is 0 Å². The van der Waals surface area contributed by atoms with Crippen LogP contribution in [0.15, 0.2) is 36.4 Å². The molecule has 2 rings (SSSR count). The van der Waals surface area contributed by atoms with Crippen molar-refractivity contribution in [1.29, 1.82) is 0 Å². The van der Waals surface area contributed by atoms with Crippen LogP contribution in [0.25, 0.3) is 0 Å². The third-order valence-electron chi connectivity index (χ3n) is 3.35. The van der Waals surface area contributed by atoms with Crippen LogP contribution in [0.2, 0.25) is 0 Å². The number of rotatable bonds is 7. The number of hydrogen-bond donors (Lipinski definition) is 1. The Morgan fingerprint density at radius 3 is 2.95 bits per heavy atom. The molecule has 0 aliphatic carbocycles. The summed E-state index contributed by atoms with van der Waals surface area (Å²) in [5.41, 5.74) is 1.24. The lowest BCUT2D eigenvalue weighted by atomic mass is 10.2. The zero-order valence-corrected chi connectivity index (χ0v) is 11.8. The molecule has 104 valence electrons. The largest absolute Gasteiger partial charge is 0.492 e. The summed E-state index contributed by atoms with van der Waals surface area (Å²) in [6.45, 7) is 7.94. The normalized spacial score (nSPS) is 15.6. The van der Waals surface area contributed by atoms with Gasteiger partial charge in [-0.3, -0.25) is 4.90 Å². The van der Waals surface area contributed by atoms with Gasteiger partial charge in [0.1, 0.15) is 12.4 Å². The minimum atomic E-state index is 0.761. The van der Waals surface area contributed by atoms with Gasteiger partial charge in [-0.2, -0.15) is 0 Å². The van der Waals surface area contributed by atoms with E-state index in [-0.39, 0.29) is 0 Å². The monoisotopic (exact) mass is 260 g/mol. The Morgan fingerprint density at radius 1 is 1.26 bits per heavy atom. The highest BCUT2D eigenvalue weighted by Crippen LogP contribution is 2.17. The molecule has 1 N–H and O–H groups in total. The quantitative estimate of drug-likeness (QED) is 0.762. The summed E-state index contributed by atoms with van der Waals surface area (Å²) in [7, 11) is 0. The first-order valence-electron chi connectivity index (χ1n) is 7.19. The van der Waals surface area contributed by atoms with Gasteiger partial charge in [-0.15, -0.1) is 0 Å². The molecule has 0 amide bonds. The molecule has 0 aromatic heterocycles. The SMILES string of the molecule is CCNCc1ccccc1OCCN1CC=CCC1. The Bertz CT molecular complexity index is 403. The van der Waals surface area contributed by atoms with Gasteiger partial charge in [0.2, 0.25) is 0 Å². The van der Waals surface area contributed by atoms with E-state index in [1.54, 1.807) is 0 Å². The zero-order chi connectivity index (χ0) is 13.3. The average Bonchev–Trinajstić information content (AvgIpc) is 2.47. The number of para-hydroxylation sites is 1. The summed E-state index contributed by atoms with van der Waals surface area (Å²) < 4.78 is 5.93. The lowest BCUT2D eigenvalue weighted by molar-refractivity contribution is 0.219. The average molecular weight is 260 g/mol. The van der Waals surface area contributed by atoms with E-state index in [0.29, 0.717) is 0 Å². The van der Waals surface area contributed by atoms with Crippen LogP contribution in [0.3, 0.4) is 0 Å². The lowest BCUT2D eigenvalue weighted by Gasteiger charge is -2.23. The number of nitrogens with one attached hydrogen (secondary N) is 1. The van der Waals surface area contributed by atoms with E-state index in [1.807, 2.05) is 6.07 Å². The predicted molar refractivity (Wildman–Crippen MR) is 79.5 cm³/mol. The maximum Gasteiger partial charge on any atom is 0.123 e. The van der Waals surface area contributed by atoms with Gasteiger partial charge in [-0.05, 0) is 19.0 Å². The van der Waals surface area contributed by atoms with Crippen LogP contribution < -0.4 is 10.1 Å². The molecular formula is C16H24N2O. The maximum atomic E-state index is 5.93. The van der Waals surface area contributed by atoms with Crippen molar-refractivity contribution in [3.05, 3.63) is 42.0 Å². The number of benzene rings is 1. The summed E-state index contributed by atoms with van der Waals surface area (Å²) in [6, 6.07) is 8.29. The van der Waals surface area contributed by atoms with E-state index in [4.69, 9.17) is 4.74 Å². The van der Waals surface area contributed by atoms with Gasteiger partial charge < -0.3 is 10.1 Å². The molecular weight excluding hydrogens is 236 g/mol. The fourth-order valence-corrected chi connectivity index (χ4v) is 2.23. The standard InChI is InChI=1S/C16H24N2O/c1-2-17-14-15-8-4-5-9-16(15)19-13-12-18-10-6-3-7-11-18/h3-6,8-9,17H,2,7,10-14H2,1H3. The highest BCUT2D eigenvalue weighted by molar-refractivity contribution is 5.33. The number of ether oxygens (including phenoxy) is 1. The molecule has 0 unspecified atom stereocenters. The van der Waals surface area contributed by atoms with Gasteiger partial charge in [0, 0.05) is 31.7 Å². The molecule has 0 saturated heterocycles. The zero-order valence-electron chi connectivity index (χ0n) is 11.8. The van der Waals surface area contributed by atoms with E-state index in [1.165, 1.54) is 5.56 Å². The molecule has 1 aromatic carbocycles. The Balaban J connectivity index is 1.79. The Kier molecular flexibility index (Phi) is 5.92. The minimum absolute atomic E-state index is 0.761. The second-order valence-electron chi connectivity index (χ2n) is 4.80. The molecule has 0 radical (unpaired) electrons. The Morgan fingerprint density at radius 2 is 2.16 bits per heavy atom.